The van der Waals surface area contributed by atoms with Crippen molar-refractivity contribution in [1.29, 1.82) is 0 Å². The van der Waals surface area contributed by atoms with Gasteiger partial charge >= 0.3 is 0 Å². The van der Waals surface area contributed by atoms with Crippen molar-refractivity contribution in [3.8, 4) is 0 Å². The number of fused-ring (bicyclic) bond motifs is 2. The van der Waals surface area contributed by atoms with E-state index < -0.39 is 0 Å². The van der Waals surface area contributed by atoms with Crippen LogP contribution in [0.15, 0.2) is 0 Å². The molecule has 0 spiro atoms. The molecule has 2 saturated heterocycles. The minimum atomic E-state index is 0.213. The van der Waals surface area contributed by atoms with Gasteiger partial charge in [-0.25, -0.2) is 0 Å². The number of hydrogen-bond acceptors (Lipinski definition) is 3. The Morgan fingerprint density at radius 2 is 1.95 bits per heavy atom. The maximum atomic E-state index is 12.2. The summed E-state index contributed by atoms with van der Waals surface area (Å²) in [5, 5.41) is 6.65. The molecular weight excluding hydrogens is 238 g/mol. The highest BCUT2D eigenvalue weighted by Gasteiger charge is 2.42. The Labute approximate surface area is 117 Å². The molecule has 1 amide bonds. The van der Waals surface area contributed by atoms with E-state index in [0.717, 1.165) is 19.5 Å². The number of amides is 1. The van der Waals surface area contributed by atoms with Gasteiger partial charge in [0, 0.05) is 37.3 Å². The summed E-state index contributed by atoms with van der Waals surface area (Å²) in [4.78, 5) is 14.6. The maximum Gasteiger partial charge on any atom is 0.224 e. The van der Waals surface area contributed by atoms with Crippen molar-refractivity contribution < 1.29 is 4.79 Å². The standard InChI is InChI=1S/C15H29N3O/c1-10(2)18(11(3)4)8-7-16-15(19)13-9-12-5-6-14(13)17-12/h10-14,17H,5-9H2,1-4H3,(H,16,19). The third-order valence-corrected chi connectivity index (χ3v) is 4.63. The van der Waals surface area contributed by atoms with E-state index in [0.29, 0.717) is 24.2 Å². The first-order chi connectivity index (χ1) is 8.99. The van der Waals surface area contributed by atoms with Crippen LogP contribution in [-0.4, -0.2) is 48.1 Å². The number of hydrogen-bond donors (Lipinski definition) is 2. The van der Waals surface area contributed by atoms with E-state index in [9.17, 15) is 4.79 Å². The molecule has 3 atom stereocenters. The molecule has 3 unspecified atom stereocenters. The topological polar surface area (TPSA) is 44.4 Å². The Morgan fingerprint density at radius 3 is 2.42 bits per heavy atom. The largest absolute Gasteiger partial charge is 0.355 e. The van der Waals surface area contributed by atoms with Crippen molar-refractivity contribution in [2.24, 2.45) is 5.92 Å². The first-order valence-electron chi connectivity index (χ1n) is 7.78. The van der Waals surface area contributed by atoms with Crippen LogP contribution in [0.5, 0.6) is 0 Å². The summed E-state index contributed by atoms with van der Waals surface area (Å²) < 4.78 is 0. The first kappa shape index (κ1) is 14.8. The van der Waals surface area contributed by atoms with Gasteiger partial charge in [-0.05, 0) is 47.0 Å². The molecule has 2 aliphatic heterocycles. The van der Waals surface area contributed by atoms with Crippen LogP contribution in [0.25, 0.3) is 0 Å². The minimum absolute atomic E-state index is 0.213. The Kier molecular flexibility index (Phi) is 4.85. The number of carbonyl (C=O) groups excluding carboxylic acids is 1. The molecule has 2 rings (SSSR count). The second-order valence-corrected chi connectivity index (χ2v) is 6.61. The smallest absolute Gasteiger partial charge is 0.224 e. The minimum Gasteiger partial charge on any atom is -0.355 e. The third kappa shape index (κ3) is 3.48. The summed E-state index contributed by atoms with van der Waals surface area (Å²) in [5.74, 6) is 0.470. The van der Waals surface area contributed by atoms with E-state index in [1.165, 1.54) is 12.8 Å². The van der Waals surface area contributed by atoms with Gasteiger partial charge < -0.3 is 10.6 Å². The van der Waals surface area contributed by atoms with Crippen molar-refractivity contribution in [1.82, 2.24) is 15.5 Å². The summed E-state index contributed by atoms with van der Waals surface area (Å²) in [6.45, 7) is 10.5. The highest BCUT2D eigenvalue weighted by atomic mass is 16.1. The molecule has 0 aromatic carbocycles. The Bertz CT molecular complexity index is 309. The van der Waals surface area contributed by atoms with E-state index in [4.69, 9.17) is 0 Å². The van der Waals surface area contributed by atoms with Crippen molar-refractivity contribution in [3.05, 3.63) is 0 Å². The number of carbonyl (C=O) groups is 1. The quantitative estimate of drug-likeness (QED) is 0.764. The van der Waals surface area contributed by atoms with Gasteiger partial charge in [0.15, 0.2) is 0 Å². The summed E-state index contributed by atoms with van der Waals surface area (Å²) >= 11 is 0. The van der Waals surface area contributed by atoms with Crippen LogP contribution in [0.2, 0.25) is 0 Å². The van der Waals surface area contributed by atoms with E-state index in [1.807, 2.05) is 0 Å². The normalized spacial score (nSPS) is 29.7. The lowest BCUT2D eigenvalue weighted by molar-refractivity contribution is -0.125. The second-order valence-electron chi connectivity index (χ2n) is 6.61. The highest BCUT2D eigenvalue weighted by molar-refractivity contribution is 5.80. The number of nitrogens with zero attached hydrogens (tertiary/aromatic N) is 1. The molecule has 4 nitrogen and oxygen atoms in total. The molecule has 110 valence electrons. The molecule has 19 heavy (non-hydrogen) atoms. The van der Waals surface area contributed by atoms with Crippen molar-refractivity contribution >= 4 is 5.91 Å². The number of nitrogens with one attached hydrogen (secondary N) is 2. The zero-order valence-corrected chi connectivity index (χ0v) is 12.8. The lowest BCUT2D eigenvalue weighted by Gasteiger charge is -2.30. The molecule has 0 saturated carbocycles. The zero-order valence-electron chi connectivity index (χ0n) is 12.8. The molecule has 2 bridgehead atoms. The average molecular weight is 267 g/mol. The van der Waals surface area contributed by atoms with Gasteiger partial charge in [0.1, 0.15) is 0 Å². The Morgan fingerprint density at radius 1 is 1.26 bits per heavy atom. The molecule has 2 aliphatic rings. The van der Waals surface area contributed by atoms with Gasteiger partial charge in [-0.1, -0.05) is 0 Å². The van der Waals surface area contributed by atoms with Gasteiger partial charge in [-0.2, -0.15) is 0 Å². The van der Waals surface area contributed by atoms with Crippen molar-refractivity contribution in [2.45, 2.75) is 71.1 Å². The second kappa shape index (κ2) is 6.23. The van der Waals surface area contributed by atoms with Gasteiger partial charge in [0.05, 0.1) is 5.92 Å². The third-order valence-electron chi connectivity index (χ3n) is 4.63. The molecule has 0 aromatic rings. The fraction of sp³-hybridized carbons (Fsp3) is 0.933. The predicted molar refractivity (Wildman–Crippen MR) is 78.0 cm³/mol. The van der Waals surface area contributed by atoms with Gasteiger partial charge in [0.2, 0.25) is 5.91 Å². The summed E-state index contributed by atoms with van der Waals surface area (Å²) in [7, 11) is 0. The van der Waals surface area contributed by atoms with Crippen molar-refractivity contribution in [3.63, 3.8) is 0 Å². The predicted octanol–water partition coefficient (Wildman–Crippen LogP) is 1.36. The van der Waals surface area contributed by atoms with Crippen LogP contribution in [-0.2, 0) is 4.79 Å². The lowest BCUT2D eigenvalue weighted by atomic mass is 9.88. The molecule has 0 aliphatic carbocycles. The van der Waals surface area contributed by atoms with Crippen LogP contribution in [0.3, 0.4) is 0 Å². The molecule has 0 radical (unpaired) electrons. The SMILES string of the molecule is CC(C)N(CCNC(=O)C1CC2CCC1N2)C(C)C. The van der Waals surface area contributed by atoms with E-state index in [2.05, 4.69) is 43.2 Å². The van der Waals surface area contributed by atoms with Gasteiger partial charge in [0.25, 0.3) is 0 Å². The molecule has 4 heteroatoms. The van der Waals surface area contributed by atoms with E-state index in [-0.39, 0.29) is 11.8 Å². The lowest BCUT2D eigenvalue weighted by Crippen LogP contribution is -2.44. The summed E-state index contributed by atoms with van der Waals surface area (Å²) in [5.41, 5.74) is 0. The van der Waals surface area contributed by atoms with Gasteiger partial charge in [-0.3, -0.25) is 9.69 Å². The fourth-order valence-electron chi connectivity index (χ4n) is 3.67. The van der Waals surface area contributed by atoms with Gasteiger partial charge in [-0.15, -0.1) is 0 Å². The average Bonchev–Trinajstić information content (AvgIpc) is 2.95. The van der Waals surface area contributed by atoms with E-state index in [1.54, 1.807) is 0 Å². The fourth-order valence-corrected chi connectivity index (χ4v) is 3.67. The molecular formula is C15H29N3O. The molecule has 2 heterocycles. The van der Waals surface area contributed by atoms with E-state index >= 15 is 0 Å². The summed E-state index contributed by atoms with van der Waals surface area (Å²) in [6, 6.07) is 2.10. The highest BCUT2D eigenvalue weighted by Crippen LogP contribution is 2.33. The van der Waals surface area contributed by atoms with Crippen LogP contribution in [0.1, 0.15) is 47.0 Å². The maximum absolute atomic E-state index is 12.2. The monoisotopic (exact) mass is 267 g/mol. The van der Waals surface area contributed by atoms with Crippen LogP contribution < -0.4 is 10.6 Å². The molecule has 2 N–H and O–H groups in total. The van der Waals surface area contributed by atoms with Crippen LogP contribution in [0, 0.1) is 5.92 Å². The number of rotatable bonds is 6. The molecule has 2 fully saturated rings. The van der Waals surface area contributed by atoms with Crippen molar-refractivity contribution in [2.75, 3.05) is 13.1 Å². The van der Waals surface area contributed by atoms with Crippen LogP contribution >= 0.6 is 0 Å². The summed E-state index contributed by atoms with van der Waals surface area (Å²) in [6.07, 6.45) is 3.46. The first-order valence-corrected chi connectivity index (χ1v) is 7.78. The molecule has 0 aromatic heterocycles. The Balaban J connectivity index is 1.72. The van der Waals surface area contributed by atoms with Crippen LogP contribution in [0.4, 0.5) is 0 Å². The zero-order chi connectivity index (χ0) is 14.0. The Hall–Kier alpha value is -0.610.